The number of rotatable bonds is 1. The van der Waals surface area contributed by atoms with Gasteiger partial charge in [-0.15, -0.1) is 0 Å². The van der Waals surface area contributed by atoms with Crippen LogP contribution in [0.1, 0.15) is 6.92 Å². The first-order valence-electron chi connectivity index (χ1n) is 6.78. The van der Waals surface area contributed by atoms with E-state index in [1.165, 1.54) is 16.8 Å². The van der Waals surface area contributed by atoms with Crippen LogP contribution in [-0.2, 0) is 0 Å². The van der Waals surface area contributed by atoms with Crippen molar-refractivity contribution < 1.29 is 18.0 Å². The first kappa shape index (κ1) is 16.9. The van der Waals surface area contributed by atoms with Crippen molar-refractivity contribution >= 4 is 23.3 Å². The van der Waals surface area contributed by atoms with Gasteiger partial charge in [0.05, 0.1) is 0 Å². The second kappa shape index (κ2) is 6.34. The number of benzene rings is 1. The number of nitrogens with one attached hydrogen (secondary N) is 1. The Balaban J connectivity index is 2.09. The van der Waals surface area contributed by atoms with Crippen molar-refractivity contribution in [3.05, 3.63) is 29.3 Å². The molecule has 0 spiro atoms. The van der Waals surface area contributed by atoms with Crippen LogP contribution in [0.3, 0.4) is 0 Å². The maximum atomic E-state index is 13.1. The van der Waals surface area contributed by atoms with Crippen molar-refractivity contribution in [3.8, 4) is 0 Å². The van der Waals surface area contributed by atoms with Crippen LogP contribution >= 0.6 is 11.6 Å². The zero-order valence-corrected chi connectivity index (χ0v) is 12.9. The largest absolute Gasteiger partial charge is 0.405 e. The van der Waals surface area contributed by atoms with Crippen molar-refractivity contribution in [2.24, 2.45) is 0 Å². The molecule has 2 amide bonds. The number of carbonyl (C=O) groups excluding carboxylic acids is 1. The normalized spacial score (nSPS) is 23.5. The van der Waals surface area contributed by atoms with Gasteiger partial charge in [0.15, 0.2) is 0 Å². The smallest absolute Gasteiger partial charge is 0.321 e. The second-order valence-electron chi connectivity index (χ2n) is 5.42. The summed E-state index contributed by atoms with van der Waals surface area (Å²) in [6.45, 7) is 1.50. The minimum Gasteiger partial charge on any atom is -0.321 e. The fraction of sp³-hybridized carbons (Fsp3) is 0.500. The summed E-state index contributed by atoms with van der Waals surface area (Å²) in [4.78, 5) is 14.6. The summed E-state index contributed by atoms with van der Waals surface area (Å²) in [5.41, 5.74) is 0.452. The number of piperazine rings is 1. The number of urea groups is 1. The van der Waals surface area contributed by atoms with E-state index in [-0.39, 0.29) is 12.6 Å². The maximum Gasteiger partial charge on any atom is 0.405 e. The molecule has 8 heteroatoms. The molecule has 1 aliphatic rings. The quantitative estimate of drug-likeness (QED) is 0.853. The molecule has 1 heterocycles. The standard InChI is InChI=1S/C14H17ClF3N3O/c1-9-7-21(8-12(20(9)2)14(16,17)18)13(22)19-11-5-3-4-10(15)6-11/h3-6,9,12H,7-8H2,1-2H3,(H,19,22). The molecule has 2 unspecified atom stereocenters. The number of halogens is 4. The van der Waals surface area contributed by atoms with Gasteiger partial charge in [-0.3, -0.25) is 4.90 Å². The molecule has 1 saturated heterocycles. The summed E-state index contributed by atoms with van der Waals surface area (Å²) in [5, 5.41) is 3.02. The Hall–Kier alpha value is -1.47. The zero-order chi connectivity index (χ0) is 16.5. The molecule has 1 aromatic carbocycles. The van der Waals surface area contributed by atoms with Gasteiger partial charge in [0.25, 0.3) is 0 Å². The van der Waals surface area contributed by atoms with Gasteiger partial charge in [-0.25, -0.2) is 4.79 Å². The number of alkyl halides is 3. The first-order valence-corrected chi connectivity index (χ1v) is 7.16. The number of amides is 2. The van der Waals surface area contributed by atoms with Crippen LogP contribution in [0.2, 0.25) is 5.02 Å². The second-order valence-corrected chi connectivity index (χ2v) is 5.85. The topological polar surface area (TPSA) is 35.6 Å². The third-order valence-corrected chi connectivity index (χ3v) is 4.04. The van der Waals surface area contributed by atoms with Crippen LogP contribution in [0.4, 0.5) is 23.7 Å². The van der Waals surface area contributed by atoms with Crippen LogP contribution in [-0.4, -0.2) is 54.2 Å². The molecule has 0 aromatic heterocycles. The molecule has 0 aliphatic carbocycles. The summed E-state index contributed by atoms with van der Waals surface area (Å²) in [7, 11) is 1.43. The van der Waals surface area contributed by atoms with Crippen molar-refractivity contribution in [3.63, 3.8) is 0 Å². The Bertz CT molecular complexity index is 552. The molecule has 0 saturated carbocycles. The van der Waals surface area contributed by atoms with Gasteiger partial charge in [-0.2, -0.15) is 13.2 Å². The molecule has 22 heavy (non-hydrogen) atoms. The molecular formula is C14H17ClF3N3O. The van der Waals surface area contributed by atoms with Gasteiger partial charge < -0.3 is 10.2 Å². The van der Waals surface area contributed by atoms with Crippen LogP contribution in [0.25, 0.3) is 0 Å². The molecule has 1 aromatic rings. The molecule has 2 rings (SSSR count). The predicted molar refractivity (Wildman–Crippen MR) is 79.1 cm³/mol. The summed E-state index contributed by atoms with van der Waals surface area (Å²) < 4.78 is 39.2. The van der Waals surface area contributed by atoms with Gasteiger partial charge in [0.2, 0.25) is 0 Å². The number of carbonyl (C=O) groups is 1. The molecule has 122 valence electrons. The number of hydrogen-bond donors (Lipinski definition) is 1. The molecule has 0 radical (unpaired) electrons. The minimum atomic E-state index is -4.38. The molecular weight excluding hydrogens is 319 g/mol. The van der Waals surface area contributed by atoms with E-state index in [2.05, 4.69) is 5.32 Å². The zero-order valence-electron chi connectivity index (χ0n) is 12.2. The first-order chi connectivity index (χ1) is 10.2. The fourth-order valence-electron chi connectivity index (χ4n) is 2.44. The lowest BCUT2D eigenvalue weighted by atomic mass is 10.1. The summed E-state index contributed by atoms with van der Waals surface area (Å²) in [6, 6.07) is 3.87. The number of hydrogen-bond acceptors (Lipinski definition) is 2. The SMILES string of the molecule is CC1CN(C(=O)Nc2cccc(Cl)c2)CC(C(F)(F)F)N1C. The average Bonchev–Trinajstić information content (AvgIpc) is 2.40. The highest BCUT2D eigenvalue weighted by molar-refractivity contribution is 6.30. The monoisotopic (exact) mass is 335 g/mol. The molecule has 2 atom stereocenters. The highest BCUT2D eigenvalue weighted by atomic mass is 35.5. The van der Waals surface area contributed by atoms with Crippen LogP contribution in [0, 0.1) is 0 Å². The summed E-state index contributed by atoms with van der Waals surface area (Å²) in [5.74, 6) is 0. The van der Waals surface area contributed by atoms with E-state index in [1.807, 2.05) is 0 Å². The highest BCUT2D eigenvalue weighted by Gasteiger charge is 2.47. The van der Waals surface area contributed by atoms with Gasteiger partial charge in [0.1, 0.15) is 6.04 Å². The van der Waals surface area contributed by atoms with Crippen LogP contribution in [0.15, 0.2) is 24.3 Å². The van der Waals surface area contributed by atoms with Crippen molar-refractivity contribution in [1.82, 2.24) is 9.80 Å². The fourth-order valence-corrected chi connectivity index (χ4v) is 2.63. The van der Waals surface area contributed by atoms with Gasteiger partial charge >= 0.3 is 12.2 Å². The summed E-state index contributed by atoms with van der Waals surface area (Å²) >= 11 is 5.82. The van der Waals surface area contributed by atoms with E-state index in [0.29, 0.717) is 10.7 Å². The Kier molecular flexibility index (Phi) is 4.87. The molecule has 4 nitrogen and oxygen atoms in total. The van der Waals surface area contributed by atoms with Gasteiger partial charge in [-0.05, 0) is 32.2 Å². The Morgan fingerprint density at radius 1 is 1.36 bits per heavy atom. The third kappa shape index (κ3) is 3.84. The highest BCUT2D eigenvalue weighted by Crippen LogP contribution is 2.29. The summed E-state index contributed by atoms with van der Waals surface area (Å²) in [6.07, 6.45) is -4.38. The molecule has 1 N–H and O–H groups in total. The Morgan fingerprint density at radius 3 is 2.64 bits per heavy atom. The molecule has 1 aliphatic heterocycles. The lowest BCUT2D eigenvalue weighted by molar-refractivity contribution is -0.196. The predicted octanol–water partition coefficient (Wildman–Crippen LogP) is 3.44. The third-order valence-electron chi connectivity index (χ3n) is 3.81. The van der Waals surface area contributed by atoms with E-state index in [9.17, 15) is 18.0 Å². The number of nitrogens with zero attached hydrogens (tertiary/aromatic N) is 2. The van der Waals surface area contributed by atoms with E-state index in [0.717, 1.165) is 0 Å². The van der Waals surface area contributed by atoms with Crippen LogP contribution < -0.4 is 5.32 Å². The Labute approximate surface area is 131 Å². The van der Waals surface area contributed by atoms with Crippen molar-refractivity contribution in [2.75, 3.05) is 25.5 Å². The van der Waals surface area contributed by atoms with E-state index in [4.69, 9.17) is 11.6 Å². The average molecular weight is 336 g/mol. The van der Waals surface area contributed by atoms with E-state index >= 15 is 0 Å². The van der Waals surface area contributed by atoms with E-state index < -0.39 is 24.8 Å². The lowest BCUT2D eigenvalue weighted by Crippen LogP contribution is -2.62. The lowest BCUT2D eigenvalue weighted by Gasteiger charge is -2.44. The van der Waals surface area contributed by atoms with Crippen molar-refractivity contribution in [2.45, 2.75) is 25.2 Å². The van der Waals surface area contributed by atoms with Crippen LogP contribution in [0.5, 0.6) is 0 Å². The number of anilines is 1. The Morgan fingerprint density at radius 2 is 2.05 bits per heavy atom. The minimum absolute atomic E-state index is 0.232. The van der Waals surface area contributed by atoms with E-state index in [1.54, 1.807) is 31.2 Å². The van der Waals surface area contributed by atoms with Gasteiger partial charge in [-0.1, -0.05) is 17.7 Å². The molecule has 1 fully saturated rings. The van der Waals surface area contributed by atoms with Crippen molar-refractivity contribution in [1.29, 1.82) is 0 Å². The van der Waals surface area contributed by atoms with Gasteiger partial charge in [0, 0.05) is 29.8 Å². The number of likely N-dealkylation sites (N-methyl/N-ethyl adjacent to an activating group) is 1. The molecule has 0 bridgehead atoms. The maximum absolute atomic E-state index is 13.1.